The lowest BCUT2D eigenvalue weighted by molar-refractivity contribution is 0.0990. The molecule has 0 radical (unpaired) electrons. The van der Waals surface area contributed by atoms with E-state index in [0.717, 1.165) is 36.8 Å². The molecule has 1 saturated heterocycles. The van der Waals surface area contributed by atoms with E-state index in [4.69, 9.17) is 5.73 Å². The van der Waals surface area contributed by atoms with E-state index in [-0.39, 0.29) is 11.9 Å². The fourth-order valence-electron chi connectivity index (χ4n) is 3.31. The third kappa shape index (κ3) is 2.58. The van der Waals surface area contributed by atoms with Crippen molar-refractivity contribution >= 4 is 22.5 Å². The molecule has 0 spiro atoms. The molecule has 1 unspecified atom stereocenters. The zero-order chi connectivity index (χ0) is 16.5. The van der Waals surface area contributed by atoms with E-state index in [1.54, 1.807) is 11.0 Å². The standard InChI is InChI=1S/C17H18N6O/c18-16(24)17-20-11-23(21-17)12-4-3-9-22(10-12)15-7-8-19-14-6-2-1-5-13(14)15/h1-2,5-8,11-12H,3-4,9-10H2,(H2,18,24). The number of pyridine rings is 1. The van der Waals surface area contributed by atoms with Crippen LogP contribution in [0.4, 0.5) is 5.69 Å². The third-order valence-corrected chi connectivity index (χ3v) is 4.47. The second-order valence-electron chi connectivity index (χ2n) is 6.00. The van der Waals surface area contributed by atoms with Crippen LogP contribution in [-0.2, 0) is 0 Å². The summed E-state index contributed by atoms with van der Waals surface area (Å²) in [7, 11) is 0. The SMILES string of the molecule is NC(=O)c1ncn(C2CCCN(c3ccnc4ccccc34)C2)n1. The molecule has 0 saturated carbocycles. The minimum Gasteiger partial charge on any atom is -0.369 e. The zero-order valence-corrected chi connectivity index (χ0v) is 13.2. The predicted molar refractivity (Wildman–Crippen MR) is 90.8 cm³/mol. The molecular weight excluding hydrogens is 304 g/mol. The van der Waals surface area contributed by atoms with E-state index in [1.165, 1.54) is 5.69 Å². The van der Waals surface area contributed by atoms with Crippen molar-refractivity contribution in [3.63, 3.8) is 0 Å². The van der Waals surface area contributed by atoms with Crippen molar-refractivity contribution in [2.45, 2.75) is 18.9 Å². The van der Waals surface area contributed by atoms with Crippen molar-refractivity contribution in [3.05, 3.63) is 48.7 Å². The van der Waals surface area contributed by atoms with Crippen LogP contribution in [0.5, 0.6) is 0 Å². The Morgan fingerprint density at radius 2 is 2.08 bits per heavy atom. The van der Waals surface area contributed by atoms with Crippen molar-refractivity contribution in [3.8, 4) is 0 Å². The molecule has 2 N–H and O–H groups in total. The van der Waals surface area contributed by atoms with Crippen molar-refractivity contribution in [2.24, 2.45) is 5.73 Å². The molecule has 1 aromatic carbocycles. The van der Waals surface area contributed by atoms with Gasteiger partial charge in [-0.3, -0.25) is 9.78 Å². The molecule has 0 bridgehead atoms. The Bertz CT molecular complexity index is 884. The predicted octanol–water partition coefficient (Wildman–Crippen LogP) is 1.77. The van der Waals surface area contributed by atoms with Gasteiger partial charge in [0.2, 0.25) is 5.82 Å². The first-order valence-corrected chi connectivity index (χ1v) is 8.02. The first-order chi connectivity index (χ1) is 11.7. The molecule has 1 aliphatic rings. The van der Waals surface area contributed by atoms with Crippen molar-refractivity contribution in [1.82, 2.24) is 19.7 Å². The van der Waals surface area contributed by atoms with Gasteiger partial charge in [0.1, 0.15) is 6.33 Å². The lowest BCUT2D eigenvalue weighted by atomic mass is 10.0. The van der Waals surface area contributed by atoms with Gasteiger partial charge in [0.25, 0.3) is 5.91 Å². The van der Waals surface area contributed by atoms with E-state index >= 15 is 0 Å². The highest BCUT2D eigenvalue weighted by Gasteiger charge is 2.24. The highest BCUT2D eigenvalue weighted by atomic mass is 16.1. The first kappa shape index (κ1) is 14.6. The number of benzene rings is 1. The van der Waals surface area contributed by atoms with E-state index in [9.17, 15) is 4.79 Å². The maximum Gasteiger partial charge on any atom is 0.288 e. The summed E-state index contributed by atoms with van der Waals surface area (Å²) in [5.41, 5.74) is 7.42. The van der Waals surface area contributed by atoms with E-state index in [1.807, 2.05) is 24.4 Å². The Morgan fingerprint density at radius 1 is 1.21 bits per heavy atom. The summed E-state index contributed by atoms with van der Waals surface area (Å²) >= 11 is 0. The third-order valence-electron chi connectivity index (χ3n) is 4.47. The number of carbonyl (C=O) groups is 1. The van der Waals surface area contributed by atoms with Gasteiger partial charge in [-0.1, -0.05) is 18.2 Å². The largest absolute Gasteiger partial charge is 0.369 e. The zero-order valence-electron chi connectivity index (χ0n) is 13.2. The number of primary amides is 1. The summed E-state index contributed by atoms with van der Waals surface area (Å²) in [6, 6.07) is 10.4. The second kappa shape index (κ2) is 5.92. The molecule has 1 amide bonds. The van der Waals surface area contributed by atoms with Crippen molar-refractivity contribution < 1.29 is 4.79 Å². The van der Waals surface area contributed by atoms with Crippen LogP contribution < -0.4 is 10.6 Å². The topological polar surface area (TPSA) is 89.9 Å². The Morgan fingerprint density at radius 3 is 2.92 bits per heavy atom. The molecule has 0 aliphatic carbocycles. The van der Waals surface area contributed by atoms with E-state index in [2.05, 4.69) is 32.1 Å². The number of nitrogens with two attached hydrogens (primary N) is 1. The molecule has 3 aromatic rings. The average Bonchev–Trinajstić information content (AvgIpc) is 3.12. The fraction of sp³-hybridized carbons (Fsp3) is 0.294. The van der Waals surface area contributed by atoms with Gasteiger partial charge in [-0.05, 0) is 25.0 Å². The van der Waals surface area contributed by atoms with E-state index in [0.29, 0.717) is 0 Å². The highest BCUT2D eigenvalue weighted by molar-refractivity contribution is 5.91. The molecule has 1 atom stereocenters. The van der Waals surface area contributed by atoms with Gasteiger partial charge in [-0.2, -0.15) is 0 Å². The second-order valence-corrected chi connectivity index (χ2v) is 6.00. The van der Waals surface area contributed by atoms with Gasteiger partial charge in [0, 0.05) is 30.4 Å². The van der Waals surface area contributed by atoms with Crippen LogP contribution in [0.3, 0.4) is 0 Å². The minimum absolute atomic E-state index is 0.0708. The summed E-state index contributed by atoms with van der Waals surface area (Å²) in [5.74, 6) is -0.525. The fourth-order valence-corrected chi connectivity index (χ4v) is 3.31. The summed E-state index contributed by atoms with van der Waals surface area (Å²) in [6.45, 7) is 1.80. The maximum atomic E-state index is 11.2. The van der Waals surface area contributed by atoms with Crippen LogP contribution in [0, 0.1) is 0 Å². The first-order valence-electron chi connectivity index (χ1n) is 8.02. The van der Waals surface area contributed by atoms with Gasteiger partial charge in [-0.25, -0.2) is 9.67 Å². The number of fused-ring (bicyclic) bond motifs is 1. The Hall–Kier alpha value is -2.96. The van der Waals surface area contributed by atoms with Gasteiger partial charge < -0.3 is 10.6 Å². The van der Waals surface area contributed by atoms with Crippen LogP contribution in [-0.4, -0.2) is 38.7 Å². The Balaban J connectivity index is 1.63. The minimum atomic E-state index is -0.596. The number of piperidine rings is 1. The number of carbonyl (C=O) groups excluding carboxylic acids is 1. The van der Waals surface area contributed by atoms with Crippen LogP contribution in [0.2, 0.25) is 0 Å². The molecule has 24 heavy (non-hydrogen) atoms. The maximum absolute atomic E-state index is 11.2. The molecule has 122 valence electrons. The Kier molecular flexibility index (Phi) is 3.60. The molecule has 1 fully saturated rings. The van der Waals surface area contributed by atoms with Crippen LogP contribution in [0.15, 0.2) is 42.9 Å². The Labute approximate surface area is 139 Å². The van der Waals surface area contributed by atoms with Crippen LogP contribution in [0.25, 0.3) is 10.9 Å². The molecule has 7 heteroatoms. The number of rotatable bonds is 3. The van der Waals surface area contributed by atoms with Gasteiger partial charge >= 0.3 is 0 Å². The number of amides is 1. The van der Waals surface area contributed by atoms with E-state index < -0.39 is 5.91 Å². The highest BCUT2D eigenvalue weighted by Crippen LogP contribution is 2.30. The number of aromatic nitrogens is 4. The number of hydrogen-bond donors (Lipinski definition) is 1. The van der Waals surface area contributed by atoms with Gasteiger partial charge in [0.15, 0.2) is 0 Å². The van der Waals surface area contributed by atoms with Gasteiger partial charge in [-0.15, -0.1) is 5.10 Å². The number of anilines is 1. The van der Waals surface area contributed by atoms with Crippen LogP contribution >= 0.6 is 0 Å². The molecule has 3 heterocycles. The lowest BCUT2D eigenvalue weighted by Crippen LogP contribution is -2.37. The molecule has 2 aromatic heterocycles. The molecular formula is C17H18N6O. The van der Waals surface area contributed by atoms with Crippen molar-refractivity contribution in [2.75, 3.05) is 18.0 Å². The van der Waals surface area contributed by atoms with Crippen LogP contribution in [0.1, 0.15) is 29.5 Å². The monoisotopic (exact) mass is 322 g/mol. The lowest BCUT2D eigenvalue weighted by Gasteiger charge is -2.34. The summed E-state index contributed by atoms with van der Waals surface area (Å²) < 4.78 is 1.76. The van der Waals surface area contributed by atoms with Crippen molar-refractivity contribution in [1.29, 1.82) is 0 Å². The molecule has 1 aliphatic heterocycles. The van der Waals surface area contributed by atoms with Gasteiger partial charge in [0.05, 0.1) is 11.6 Å². The molecule has 4 rings (SSSR count). The average molecular weight is 322 g/mol. The molecule has 7 nitrogen and oxygen atoms in total. The summed E-state index contributed by atoms with van der Waals surface area (Å²) in [4.78, 5) is 22.0. The number of hydrogen-bond acceptors (Lipinski definition) is 5. The number of nitrogens with zero attached hydrogens (tertiary/aromatic N) is 5. The summed E-state index contributed by atoms with van der Waals surface area (Å²) in [6.07, 6.45) is 5.50. The summed E-state index contributed by atoms with van der Waals surface area (Å²) in [5, 5.41) is 5.37. The quantitative estimate of drug-likeness (QED) is 0.793. The normalized spacial score (nSPS) is 18.0. The smallest absolute Gasteiger partial charge is 0.288 e. The number of para-hydroxylation sites is 1.